The fraction of sp³-hybridized carbons (Fsp3) is 0.350. The third kappa shape index (κ3) is 4.08. The lowest BCUT2D eigenvalue weighted by molar-refractivity contribution is -0.168. The van der Waals surface area contributed by atoms with Crippen molar-refractivity contribution < 1.29 is 14.3 Å². The lowest BCUT2D eigenvalue weighted by Crippen LogP contribution is -2.61. The minimum atomic E-state index is -0.551. The molecular weight excluding hydrogens is 330 g/mol. The molecule has 1 N–H and O–H groups in total. The van der Waals surface area contributed by atoms with Crippen molar-refractivity contribution >= 4 is 11.9 Å². The first-order valence-corrected chi connectivity index (χ1v) is 8.58. The summed E-state index contributed by atoms with van der Waals surface area (Å²) in [4.78, 5) is 29.0. The average molecular weight is 352 g/mol. The summed E-state index contributed by atoms with van der Waals surface area (Å²) in [6.45, 7) is 6.09. The Morgan fingerprint density at radius 2 is 2.00 bits per heavy atom. The van der Waals surface area contributed by atoms with E-state index < -0.39 is 11.6 Å². The summed E-state index contributed by atoms with van der Waals surface area (Å²) in [5.74, 6) is -0.593. The van der Waals surface area contributed by atoms with Crippen molar-refractivity contribution in [3.8, 4) is 11.1 Å². The molecule has 1 fully saturated rings. The molecule has 1 aliphatic rings. The first kappa shape index (κ1) is 18.1. The van der Waals surface area contributed by atoms with Crippen molar-refractivity contribution in [2.24, 2.45) is 0 Å². The van der Waals surface area contributed by atoms with Gasteiger partial charge in [-0.3, -0.25) is 20.0 Å². The highest BCUT2D eigenvalue weighted by Crippen LogP contribution is 2.24. The predicted molar refractivity (Wildman–Crippen MR) is 96.9 cm³/mol. The highest BCUT2D eigenvalue weighted by molar-refractivity contribution is 6.00. The number of hydrogen-bond acceptors (Lipinski definition) is 5. The Morgan fingerprint density at radius 1 is 1.23 bits per heavy atom. The molecule has 0 aliphatic carbocycles. The molecule has 1 saturated heterocycles. The van der Waals surface area contributed by atoms with Gasteiger partial charge in [-0.2, -0.15) is 0 Å². The van der Waals surface area contributed by atoms with Gasteiger partial charge in [-0.05, 0) is 44.9 Å². The van der Waals surface area contributed by atoms with Gasteiger partial charge in [-0.1, -0.05) is 24.3 Å². The number of esters is 1. The van der Waals surface area contributed by atoms with E-state index in [-0.39, 0.29) is 11.9 Å². The van der Waals surface area contributed by atoms with Crippen molar-refractivity contribution in [2.45, 2.75) is 38.8 Å². The Labute approximate surface area is 153 Å². The van der Waals surface area contributed by atoms with Crippen molar-refractivity contribution in [2.75, 3.05) is 6.54 Å². The Morgan fingerprint density at radius 3 is 2.62 bits per heavy atom. The van der Waals surface area contributed by atoms with Crippen LogP contribution in [0.25, 0.3) is 11.1 Å². The molecule has 0 saturated carbocycles. The van der Waals surface area contributed by atoms with Crippen LogP contribution in [0.5, 0.6) is 0 Å². The minimum Gasteiger partial charge on any atom is -0.459 e. The van der Waals surface area contributed by atoms with Gasteiger partial charge in [0.15, 0.2) is 0 Å². The van der Waals surface area contributed by atoms with Crippen molar-refractivity contribution in [3.05, 3.63) is 54.4 Å². The smallest absolute Gasteiger partial charge is 0.325 e. The number of hydrazine groups is 1. The normalized spacial score (nSPS) is 17.3. The molecule has 1 aromatic heterocycles. The van der Waals surface area contributed by atoms with Gasteiger partial charge in [-0.25, -0.2) is 5.01 Å². The second kappa shape index (κ2) is 7.25. The maximum absolute atomic E-state index is 12.8. The van der Waals surface area contributed by atoms with Crippen LogP contribution in [-0.4, -0.2) is 40.1 Å². The Bertz CT molecular complexity index is 799. The number of hydrogen-bond donors (Lipinski definition) is 1. The number of nitrogens with zero attached hydrogens (tertiary/aromatic N) is 2. The predicted octanol–water partition coefficient (Wildman–Crippen LogP) is 2.61. The van der Waals surface area contributed by atoms with Crippen LogP contribution in [0.3, 0.4) is 0 Å². The number of pyridine rings is 1. The SMILES string of the molecule is CC(C)(C)OC(=O)C1CCN1NC(=O)c1ccccc1-c1[c]nccc1. The van der Waals surface area contributed by atoms with E-state index in [1.165, 1.54) is 0 Å². The van der Waals surface area contributed by atoms with Crippen LogP contribution in [0.2, 0.25) is 0 Å². The monoisotopic (exact) mass is 352 g/mol. The first-order chi connectivity index (χ1) is 12.3. The molecule has 6 nitrogen and oxygen atoms in total. The van der Waals surface area contributed by atoms with Crippen molar-refractivity contribution in [3.63, 3.8) is 0 Å². The van der Waals surface area contributed by atoms with E-state index in [4.69, 9.17) is 4.74 Å². The van der Waals surface area contributed by atoms with Gasteiger partial charge in [0, 0.05) is 23.9 Å². The summed E-state index contributed by atoms with van der Waals surface area (Å²) >= 11 is 0. The fourth-order valence-corrected chi connectivity index (χ4v) is 2.72. The van der Waals surface area contributed by atoms with E-state index in [0.29, 0.717) is 18.5 Å². The summed E-state index contributed by atoms with van der Waals surface area (Å²) in [5.41, 5.74) is 4.26. The number of benzene rings is 1. The van der Waals surface area contributed by atoms with E-state index in [1.807, 2.05) is 39.0 Å². The summed E-state index contributed by atoms with van der Waals surface area (Å²) in [6, 6.07) is 10.5. The Kier molecular flexibility index (Phi) is 5.04. The quantitative estimate of drug-likeness (QED) is 0.857. The summed E-state index contributed by atoms with van der Waals surface area (Å²) in [5, 5.41) is 1.63. The van der Waals surface area contributed by atoms with Crippen LogP contribution in [0.15, 0.2) is 42.6 Å². The highest BCUT2D eigenvalue weighted by atomic mass is 16.6. The second-order valence-corrected chi connectivity index (χ2v) is 7.18. The van der Waals surface area contributed by atoms with Crippen LogP contribution >= 0.6 is 0 Å². The maximum Gasteiger partial charge on any atom is 0.325 e. The Hall–Kier alpha value is -2.73. The standard InChI is InChI=1S/C20H22N3O3/c1-20(2,3)26-19(25)17-10-12-23(17)22-18(24)16-9-5-4-8-15(16)14-7-6-11-21-13-14/h4-9,11,17H,10,12H2,1-3H3,(H,22,24). The van der Waals surface area contributed by atoms with Gasteiger partial charge in [0.05, 0.1) is 6.20 Å². The van der Waals surface area contributed by atoms with Crippen LogP contribution in [0, 0.1) is 6.20 Å². The average Bonchev–Trinajstić information content (AvgIpc) is 2.57. The molecule has 0 bridgehead atoms. The molecule has 26 heavy (non-hydrogen) atoms. The third-order valence-corrected chi connectivity index (χ3v) is 4.01. The fourth-order valence-electron chi connectivity index (χ4n) is 2.72. The van der Waals surface area contributed by atoms with Crippen LogP contribution in [0.4, 0.5) is 0 Å². The minimum absolute atomic E-state index is 0.272. The molecule has 1 radical (unpaired) electrons. The second-order valence-electron chi connectivity index (χ2n) is 7.18. The molecular formula is C20H22N3O3. The topological polar surface area (TPSA) is 71.5 Å². The van der Waals surface area contributed by atoms with Crippen molar-refractivity contribution in [1.82, 2.24) is 15.4 Å². The van der Waals surface area contributed by atoms with E-state index in [0.717, 1.165) is 11.1 Å². The highest BCUT2D eigenvalue weighted by Gasteiger charge is 2.38. The molecule has 6 heteroatoms. The summed E-state index contributed by atoms with van der Waals surface area (Å²) < 4.78 is 5.41. The Balaban J connectivity index is 1.73. The van der Waals surface area contributed by atoms with Crippen LogP contribution in [0.1, 0.15) is 37.6 Å². The van der Waals surface area contributed by atoms with Gasteiger partial charge in [0.1, 0.15) is 11.6 Å². The largest absolute Gasteiger partial charge is 0.459 e. The number of ether oxygens (including phenoxy) is 1. The molecule has 1 atom stereocenters. The van der Waals surface area contributed by atoms with Crippen LogP contribution in [-0.2, 0) is 9.53 Å². The number of nitrogens with one attached hydrogen (secondary N) is 1. The molecule has 0 spiro atoms. The summed E-state index contributed by atoms with van der Waals surface area (Å²) in [7, 11) is 0. The van der Waals surface area contributed by atoms with E-state index in [9.17, 15) is 9.59 Å². The van der Waals surface area contributed by atoms with Crippen molar-refractivity contribution in [1.29, 1.82) is 0 Å². The number of aromatic nitrogens is 1. The molecule has 3 rings (SSSR count). The molecule has 1 amide bonds. The molecule has 2 aromatic rings. The van der Waals surface area contributed by atoms with Gasteiger partial charge >= 0.3 is 5.97 Å². The van der Waals surface area contributed by atoms with E-state index >= 15 is 0 Å². The zero-order chi connectivity index (χ0) is 18.7. The molecule has 1 aromatic carbocycles. The molecule has 1 aliphatic heterocycles. The van der Waals surface area contributed by atoms with Crippen LogP contribution < -0.4 is 5.43 Å². The summed E-state index contributed by atoms with van der Waals surface area (Å²) in [6.07, 6.45) is 5.19. The van der Waals surface area contributed by atoms with E-state index in [1.54, 1.807) is 29.4 Å². The van der Waals surface area contributed by atoms with Gasteiger partial charge < -0.3 is 4.74 Å². The zero-order valence-electron chi connectivity index (χ0n) is 15.2. The van der Waals surface area contributed by atoms with Gasteiger partial charge in [-0.15, -0.1) is 0 Å². The lowest BCUT2D eigenvalue weighted by atomic mass is 10.0. The molecule has 135 valence electrons. The number of amides is 1. The molecule has 1 unspecified atom stereocenters. The van der Waals surface area contributed by atoms with Gasteiger partial charge in [0.25, 0.3) is 5.91 Å². The third-order valence-electron chi connectivity index (χ3n) is 4.01. The molecule has 2 heterocycles. The number of carbonyl (C=O) groups excluding carboxylic acids is 2. The lowest BCUT2D eigenvalue weighted by Gasteiger charge is -2.40. The zero-order valence-corrected chi connectivity index (χ0v) is 15.2. The number of carbonyl (C=O) groups is 2. The first-order valence-electron chi connectivity index (χ1n) is 8.58. The van der Waals surface area contributed by atoms with E-state index in [2.05, 4.69) is 16.6 Å². The van der Waals surface area contributed by atoms with Gasteiger partial charge in [0.2, 0.25) is 0 Å². The maximum atomic E-state index is 12.8. The number of rotatable bonds is 4.